The van der Waals surface area contributed by atoms with Gasteiger partial charge in [0.25, 0.3) is 5.91 Å². The molecule has 0 radical (unpaired) electrons. The van der Waals surface area contributed by atoms with Crippen LogP contribution in [0.15, 0.2) is 30.5 Å². The monoisotopic (exact) mass is 555 g/mol. The highest BCUT2D eigenvalue weighted by molar-refractivity contribution is 5.96. The van der Waals surface area contributed by atoms with Gasteiger partial charge in [-0.15, -0.1) is 0 Å². The van der Waals surface area contributed by atoms with Crippen LogP contribution in [0.5, 0.6) is 11.8 Å². The second-order valence-electron chi connectivity index (χ2n) is 9.01. The molecule has 13 heteroatoms. The molecule has 1 unspecified atom stereocenters. The van der Waals surface area contributed by atoms with Gasteiger partial charge < -0.3 is 29.6 Å². The standard InChI is InChI=1S/C22H28F3N5O4.C4H8O/c1-15(16-5-6-27-18(13-16)26-2)28-20(31)17-3-4-19(34-14-22(23,24)25)29-21(17)33-12-9-30-7-10-32-11-8-30;1-4(2)3-5/h3-6,13,15H,7-12,14H2,1-2H3,(H,26,27)(H,28,31);3-4H,1-2H3. The van der Waals surface area contributed by atoms with Crippen molar-refractivity contribution in [2.75, 3.05) is 58.4 Å². The van der Waals surface area contributed by atoms with E-state index in [0.717, 1.165) is 24.9 Å². The maximum absolute atomic E-state index is 13.0. The predicted molar refractivity (Wildman–Crippen MR) is 139 cm³/mol. The van der Waals surface area contributed by atoms with Crippen LogP contribution in [0.1, 0.15) is 42.7 Å². The van der Waals surface area contributed by atoms with Crippen LogP contribution >= 0.6 is 0 Å². The smallest absolute Gasteiger partial charge is 0.422 e. The van der Waals surface area contributed by atoms with Gasteiger partial charge in [-0.05, 0) is 30.7 Å². The van der Waals surface area contributed by atoms with Gasteiger partial charge in [0, 0.05) is 44.9 Å². The first-order valence-electron chi connectivity index (χ1n) is 12.6. The van der Waals surface area contributed by atoms with Crippen molar-refractivity contribution in [2.45, 2.75) is 33.0 Å². The zero-order chi connectivity index (χ0) is 28.8. The third kappa shape index (κ3) is 11.9. The highest BCUT2D eigenvalue weighted by Crippen LogP contribution is 2.24. The zero-order valence-electron chi connectivity index (χ0n) is 22.6. The van der Waals surface area contributed by atoms with Gasteiger partial charge in [0.05, 0.1) is 19.3 Å². The molecule has 0 aromatic carbocycles. The van der Waals surface area contributed by atoms with Crippen molar-refractivity contribution in [1.29, 1.82) is 0 Å². The lowest BCUT2D eigenvalue weighted by atomic mass is 10.1. The van der Waals surface area contributed by atoms with Gasteiger partial charge in [-0.1, -0.05) is 13.8 Å². The molecule has 2 N–H and O–H groups in total. The van der Waals surface area contributed by atoms with Gasteiger partial charge in [-0.25, -0.2) is 4.98 Å². The van der Waals surface area contributed by atoms with E-state index in [9.17, 15) is 22.8 Å². The Labute approximate surface area is 226 Å². The van der Waals surface area contributed by atoms with Crippen LogP contribution in [0.3, 0.4) is 0 Å². The first-order chi connectivity index (χ1) is 18.5. The van der Waals surface area contributed by atoms with Crippen LogP contribution in [0, 0.1) is 5.92 Å². The van der Waals surface area contributed by atoms with Crippen molar-refractivity contribution < 1.29 is 37.0 Å². The number of carbonyl (C=O) groups excluding carboxylic acids is 2. The second-order valence-corrected chi connectivity index (χ2v) is 9.01. The normalized spacial score (nSPS) is 14.6. The largest absolute Gasteiger partial charge is 0.476 e. The average molecular weight is 556 g/mol. The minimum Gasteiger partial charge on any atom is -0.476 e. The lowest BCUT2D eigenvalue weighted by Crippen LogP contribution is -2.38. The van der Waals surface area contributed by atoms with Crippen LogP contribution in [0.2, 0.25) is 0 Å². The van der Waals surface area contributed by atoms with Crippen molar-refractivity contribution in [2.24, 2.45) is 5.92 Å². The number of pyridine rings is 2. The number of morpholine rings is 1. The summed E-state index contributed by atoms with van der Waals surface area (Å²) in [5, 5.41) is 5.79. The van der Waals surface area contributed by atoms with Crippen LogP contribution < -0.4 is 20.1 Å². The molecule has 1 atom stereocenters. The van der Waals surface area contributed by atoms with Crippen molar-refractivity contribution >= 4 is 18.0 Å². The number of carbonyl (C=O) groups is 2. The molecular weight excluding hydrogens is 519 g/mol. The summed E-state index contributed by atoms with van der Waals surface area (Å²) in [5.41, 5.74) is 0.914. The Morgan fingerprint density at radius 3 is 2.49 bits per heavy atom. The number of hydrogen-bond donors (Lipinski definition) is 2. The Bertz CT molecular complexity index is 1050. The van der Waals surface area contributed by atoms with Gasteiger partial charge in [0.2, 0.25) is 11.8 Å². The first-order valence-corrected chi connectivity index (χ1v) is 12.6. The maximum atomic E-state index is 13.0. The summed E-state index contributed by atoms with van der Waals surface area (Å²) in [7, 11) is 1.74. The molecule has 1 fully saturated rings. The number of anilines is 1. The van der Waals surface area contributed by atoms with E-state index in [1.54, 1.807) is 32.3 Å². The van der Waals surface area contributed by atoms with E-state index in [4.69, 9.17) is 14.2 Å². The summed E-state index contributed by atoms with van der Waals surface area (Å²) in [6, 6.07) is 5.77. The van der Waals surface area contributed by atoms with E-state index in [1.165, 1.54) is 12.1 Å². The van der Waals surface area contributed by atoms with Gasteiger partial charge in [0.1, 0.15) is 24.3 Å². The minimum atomic E-state index is -4.51. The van der Waals surface area contributed by atoms with E-state index in [-0.39, 0.29) is 35.9 Å². The molecule has 0 aliphatic carbocycles. The van der Waals surface area contributed by atoms with E-state index < -0.39 is 18.7 Å². The summed E-state index contributed by atoms with van der Waals surface area (Å²) in [5.74, 6) is -0.000464. The van der Waals surface area contributed by atoms with Crippen LogP contribution in [0.4, 0.5) is 19.0 Å². The lowest BCUT2D eigenvalue weighted by molar-refractivity contribution is -0.154. The number of nitrogens with zero attached hydrogens (tertiary/aromatic N) is 3. The third-order valence-electron chi connectivity index (χ3n) is 5.37. The summed E-state index contributed by atoms with van der Waals surface area (Å²) in [6.45, 7) is 7.50. The number of rotatable bonds is 11. The number of aldehydes is 1. The molecule has 3 heterocycles. The van der Waals surface area contributed by atoms with Crippen molar-refractivity contribution in [3.05, 3.63) is 41.6 Å². The zero-order valence-corrected chi connectivity index (χ0v) is 22.6. The van der Waals surface area contributed by atoms with Gasteiger partial charge >= 0.3 is 6.18 Å². The quantitative estimate of drug-likeness (QED) is 0.402. The van der Waals surface area contributed by atoms with Gasteiger partial charge in [0.15, 0.2) is 6.61 Å². The van der Waals surface area contributed by atoms with Crippen molar-refractivity contribution in [1.82, 2.24) is 20.2 Å². The number of hydrogen-bond acceptors (Lipinski definition) is 9. The van der Waals surface area contributed by atoms with E-state index in [2.05, 4.69) is 25.5 Å². The lowest BCUT2D eigenvalue weighted by Gasteiger charge is -2.26. The first kappa shape index (κ1) is 31.8. The summed E-state index contributed by atoms with van der Waals surface area (Å²) in [6.07, 6.45) is -1.97. The third-order valence-corrected chi connectivity index (χ3v) is 5.37. The molecule has 1 amide bonds. The molecule has 39 heavy (non-hydrogen) atoms. The van der Waals surface area contributed by atoms with Crippen LogP contribution in [-0.2, 0) is 9.53 Å². The van der Waals surface area contributed by atoms with Crippen LogP contribution in [-0.4, -0.2) is 86.3 Å². The Hall–Kier alpha value is -3.45. The minimum absolute atomic E-state index is 0.0936. The fraction of sp³-hybridized carbons (Fsp3) is 0.538. The molecule has 1 saturated heterocycles. The number of ether oxygens (including phenoxy) is 3. The highest BCUT2D eigenvalue weighted by Gasteiger charge is 2.29. The molecule has 216 valence electrons. The summed E-state index contributed by atoms with van der Waals surface area (Å²) >= 11 is 0. The molecule has 1 aliphatic heterocycles. The Kier molecular flexibility index (Phi) is 12.9. The fourth-order valence-electron chi connectivity index (χ4n) is 3.25. The molecule has 2 aromatic heterocycles. The predicted octanol–water partition coefficient (Wildman–Crippen LogP) is 3.50. The number of alkyl halides is 3. The number of nitrogens with one attached hydrogen (secondary N) is 2. The number of aromatic nitrogens is 2. The maximum Gasteiger partial charge on any atom is 0.422 e. The average Bonchev–Trinajstić information content (AvgIpc) is 2.92. The number of halogens is 3. The molecule has 1 aliphatic rings. The van der Waals surface area contributed by atoms with Crippen molar-refractivity contribution in [3.8, 4) is 11.8 Å². The second kappa shape index (κ2) is 15.8. The van der Waals surface area contributed by atoms with Gasteiger partial charge in [-0.3, -0.25) is 9.69 Å². The highest BCUT2D eigenvalue weighted by atomic mass is 19.4. The molecule has 0 bridgehead atoms. The molecular formula is C26H36F3N5O5. The van der Waals surface area contributed by atoms with Crippen LogP contribution in [0.25, 0.3) is 0 Å². The fourth-order valence-corrected chi connectivity index (χ4v) is 3.25. The van der Waals surface area contributed by atoms with E-state index in [0.29, 0.717) is 25.6 Å². The molecule has 0 spiro atoms. The molecule has 10 nitrogen and oxygen atoms in total. The Morgan fingerprint density at radius 2 is 1.87 bits per heavy atom. The van der Waals surface area contributed by atoms with E-state index in [1.807, 2.05) is 13.8 Å². The Morgan fingerprint density at radius 1 is 1.18 bits per heavy atom. The van der Waals surface area contributed by atoms with E-state index >= 15 is 0 Å². The summed E-state index contributed by atoms with van der Waals surface area (Å²) in [4.78, 5) is 32.8. The van der Waals surface area contributed by atoms with Crippen molar-refractivity contribution in [3.63, 3.8) is 0 Å². The SMILES string of the molecule is CC(C)C=O.CNc1cc(C(C)NC(=O)c2ccc(OCC(F)(F)F)nc2OCCN2CCOCC2)ccn1. The number of amides is 1. The molecule has 0 saturated carbocycles. The molecule has 2 aromatic rings. The molecule has 3 rings (SSSR count). The summed E-state index contributed by atoms with van der Waals surface area (Å²) < 4.78 is 53.4. The van der Waals surface area contributed by atoms with Gasteiger partial charge in [-0.2, -0.15) is 18.2 Å². The Balaban J connectivity index is 0.000000976. The topological polar surface area (TPSA) is 115 Å².